The van der Waals surface area contributed by atoms with Crippen molar-refractivity contribution in [1.29, 1.82) is 0 Å². The highest BCUT2D eigenvalue weighted by atomic mass is 35.5. The van der Waals surface area contributed by atoms with Gasteiger partial charge in [-0.15, -0.1) is 0 Å². The van der Waals surface area contributed by atoms with Crippen LogP contribution in [0.4, 0.5) is 11.4 Å². The number of benzene rings is 2. The second kappa shape index (κ2) is 10.1. The molecule has 30 heavy (non-hydrogen) atoms. The van der Waals surface area contributed by atoms with Gasteiger partial charge in [0.05, 0.1) is 23.3 Å². The summed E-state index contributed by atoms with van der Waals surface area (Å²) in [7, 11) is 0. The molecule has 7 heteroatoms. The first-order chi connectivity index (χ1) is 14.3. The molecular weight excluding hydrogens is 400 g/mol. The lowest BCUT2D eigenvalue weighted by Gasteiger charge is -2.37. The Kier molecular flexibility index (Phi) is 7.48. The van der Waals surface area contributed by atoms with Gasteiger partial charge in [0.1, 0.15) is 0 Å². The molecule has 0 aliphatic carbocycles. The maximum absolute atomic E-state index is 12.6. The Morgan fingerprint density at radius 2 is 1.60 bits per heavy atom. The summed E-state index contributed by atoms with van der Waals surface area (Å²) in [6.07, 6.45) is 0. The number of piperazine rings is 1. The van der Waals surface area contributed by atoms with Gasteiger partial charge in [0.25, 0.3) is 0 Å². The standard InChI is InChI=1S/C23H29ClN4O2/c1-16-7-6-8-17(2)22(16)26-21(29)15-27-11-13-28(14-12-27)18(3)23(30)25-20-10-5-4-9-19(20)24/h4-10,18H,11-15H2,1-3H3,(H,25,30)(H,26,29). The highest BCUT2D eigenvalue weighted by Gasteiger charge is 2.26. The van der Waals surface area contributed by atoms with Crippen LogP contribution in [0.3, 0.4) is 0 Å². The van der Waals surface area contributed by atoms with E-state index >= 15 is 0 Å². The van der Waals surface area contributed by atoms with Crippen LogP contribution in [0.5, 0.6) is 0 Å². The summed E-state index contributed by atoms with van der Waals surface area (Å²) < 4.78 is 0. The van der Waals surface area contributed by atoms with Gasteiger partial charge in [-0.1, -0.05) is 41.9 Å². The minimum atomic E-state index is -0.271. The second-order valence-electron chi connectivity index (χ2n) is 7.77. The summed E-state index contributed by atoms with van der Waals surface area (Å²) in [5, 5.41) is 6.46. The number of amides is 2. The Morgan fingerprint density at radius 1 is 0.967 bits per heavy atom. The average Bonchev–Trinajstić information content (AvgIpc) is 2.72. The predicted octanol–water partition coefficient (Wildman–Crippen LogP) is 3.54. The first-order valence-electron chi connectivity index (χ1n) is 10.2. The van der Waals surface area contributed by atoms with Crippen molar-refractivity contribution in [2.24, 2.45) is 0 Å². The summed E-state index contributed by atoms with van der Waals surface area (Å²) >= 11 is 6.13. The quantitative estimate of drug-likeness (QED) is 0.738. The fourth-order valence-electron chi connectivity index (χ4n) is 3.67. The van der Waals surface area contributed by atoms with Gasteiger partial charge in [0.2, 0.25) is 11.8 Å². The van der Waals surface area contributed by atoms with Crippen LogP contribution in [0.1, 0.15) is 18.1 Å². The number of anilines is 2. The van der Waals surface area contributed by atoms with Crippen LogP contribution in [-0.4, -0.2) is 60.4 Å². The van der Waals surface area contributed by atoms with Crippen LogP contribution >= 0.6 is 11.6 Å². The van der Waals surface area contributed by atoms with Gasteiger partial charge in [-0.05, 0) is 44.0 Å². The van der Waals surface area contributed by atoms with E-state index < -0.39 is 0 Å². The topological polar surface area (TPSA) is 64.7 Å². The number of nitrogens with zero attached hydrogens (tertiary/aromatic N) is 2. The summed E-state index contributed by atoms with van der Waals surface area (Å²) in [5.74, 6) is -0.0883. The normalized spacial score (nSPS) is 16.1. The lowest BCUT2D eigenvalue weighted by Crippen LogP contribution is -2.53. The van der Waals surface area contributed by atoms with Gasteiger partial charge in [-0.3, -0.25) is 19.4 Å². The van der Waals surface area contributed by atoms with Gasteiger partial charge >= 0.3 is 0 Å². The molecule has 1 unspecified atom stereocenters. The molecule has 0 bridgehead atoms. The van der Waals surface area contributed by atoms with Gasteiger partial charge in [-0.2, -0.15) is 0 Å². The number of hydrogen-bond acceptors (Lipinski definition) is 4. The smallest absolute Gasteiger partial charge is 0.241 e. The van der Waals surface area contributed by atoms with E-state index in [1.807, 2.05) is 51.1 Å². The van der Waals surface area contributed by atoms with E-state index in [0.29, 0.717) is 17.3 Å². The number of carbonyl (C=O) groups is 2. The Labute approximate surface area is 183 Å². The molecule has 2 N–H and O–H groups in total. The van der Waals surface area contributed by atoms with Crippen LogP contribution in [0, 0.1) is 13.8 Å². The average molecular weight is 429 g/mol. The molecule has 2 aromatic carbocycles. The molecule has 0 spiro atoms. The van der Waals surface area contributed by atoms with Crippen LogP contribution < -0.4 is 10.6 Å². The molecule has 1 atom stereocenters. The fourth-order valence-corrected chi connectivity index (χ4v) is 3.85. The molecular formula is C23H29ClN4O2. The second-order valence-corrected chi connectivity index (χ2v) is 8.18. The Hall–Kier alpha value is -2.41. The van der Waals surface area contributed by atoms with E-state index in [9.17, 15) is 9.59 Å². The predicted molar refractivity (Wildman–Crippen MR) is 122 cm³/mol. The molecule has 1 heterocycles. The molecule has 1 aliphatic rings. The maximum atomic E-state index is 12.6. The number of hydrogen-bond donors (Lipinski definition) is 2. The van der Waals surface area contributed by atoms with Crippen molar-refractivity contribution < 1.29 is 9.59 Å². The molecule has 0 aromatic heterocycles. The lowest BCUT2D eigenvalue weighted by molar-refractivity contribution is -0.122. The molecule has 1 fully saturated rings. The van der Waals surface area contributed by atoms with Crippen molar-refractivity contribution in [3.63, 3.8) is 0 Å². The number of carbonyl (C=O) groups excluding carboxylic acids is 2. The van der Waals surface area contributed by atoms with E-state index in [1.165, 1.54) is 0 Å². The first kappa shape index (κ1) is 22.3. The summed E-state index contributed by atoms with van der Waals surface area (Å²) in [6, 6.07) is 12.9. The molecule has 160 valence electrons. The number of nitrogens with one attached hydrogen (secondary N) is 2. The largest absolute Gasteiger partial charge is 0.324 e. The zero-order valence-electron chi connectivity index (χ0n) is 17.7. The van der Waals surface area contributed by atoms with Gasteiger partial charge < -0.3 is 10.6 Å². The van der Waals surface area contributed by atoms with E-state index in [1.54, 1.807) is 12.1 Å². The highest BCUT2D eigenvalue weighted by molar-refractivity contribution is 6.33. The monoisotopic (exact) mass is 428 g/mol. The molecule has 0 saturated carbocycles. The number of rotatable bonds is 6. The van der Waals surface area contributed by atoms with Crippen LogP contribution in [-0.2, 0) is 9.59 Å². The van der Waals surface area contributed by atoms with Crippen molar-refractivity contribution in [3.8, 4) is 0 Å². The van der Waals surface area contributed by atoms with Gasteiger partial charge in [0.15, 0.2) is 0 Å². The minimum Gasteiger partial charge on any atom is -0.324 e. The van der Waals surface area contributed by atoms with Crippen molar-refractivity contribution >= 4 is 34.8 Å². The number of aryl methyl sites for hydroxylation is 2. The molecule has 1 aliphatic heterocycles. The Bertz CT molecular complexity index is 890. The molecule has 2 amide bonds. The third kappa shape index (κ3) is 5.59. The molecule has 0 radical (unpaired) electrons. The lowest BCUT2D eigenvalue weighted by atomic mass is 10.1. The molecule has 3 rings (SSSR count). The highest BCUT2D eigenvalue weighted by Crippen LogP contribution is 2.21. The fraction of sp³-hybridized carbons (Fsp3) is 0.391. The molecule has 1 saturated heterocycles. The Morgan fingerprint density at radius 3 is 2.23 bits per heavy atom. The molecule has 2 aromatic rings. The van der Waals surface area contributed by atoms with E-state index in [4.69, 9.17) is 11.6 Å². The maximum Gasteiger partial charge on any atom is 0.241 e. The van der Waals surface area contributed by atoms with Crippen molar-refractivity contribution in [3.05, 3.63) is 58.6 Å². The van der Waals surface area contributed by atoms with Crippen LogP contribution in [0.15, 0.2) is 42.5 Å². The van der Waals surface area contributed by atoms with Crippen LogP contribution in [0.25, 0.3) is 0 Å². The zero-order valence-corrected chi connectivity index (χ0v) is 18.5. The minimum absolute atomic E-state index is 0.00893. The Balaban J connectivity index is 1.47. The summed E-state index contributed by atoms with van der Waals surface area (Å²) in [6.45, 7) is 9.18. The van der Waals surface area contributed by atoms with Crippen LogP contribution in [0.2, 0.25) is 5.02 Å². The zero-order chi connectivity index (χ0) is 21.7. The van der Waals surface area contributed by atoms with Crippen molar-refractivity contribution in [2.45, 2.75) is 26.8 Å². The van der Waals surface area contributed by atoms with Gasteiger partial charge in [-0.25, -0.2) is 0 Å². The third-order valence-electron chi connectivity index (χ3n) is 5.58. The SMILES string of the molecule is Cc1cccc(C)c1NC(=O)CN1CCN(C(C)C(=O)Nc2ccccc2Cl)CC1. The van der Waals surface area contributed by atoms with Gasteiger partial charge in [0, 0.05) is 31.9 Å². The number of halogens is 1. The first-order valence-corrected chi connectivity index (χ1v) is 10.6. The van der Waals surface area contributed by atoms with E-state index in [2.05, 4.69) is 20.4 Å². The van der Waals surface area contributed by atoms with Crippen molar-refractivity contribution in [1.82, 2.24) is 9.80 Å². The van der Waals surface area contributed by atoms with E-state index in [0.717, 1.165) is 43.0 Å². The summed E-state index contributed by atoms with van der Waals surface area (Å²) in [5.41, 5.74) is 3.64. The molecule has 6 nitrogen and oxygen atoms in total. The van der Waals surface area contributed by atoms with Crippen molar-refractivity contribution in [2.75, 3.05) is 43.4 Å². The summed E-state index contributed by atoms with van der Waals surface area (Å²) in [4.78, 5) is 29.4. The number of para-hydroxylation sites is 2. The van der Waals surface area contributed by atoms with E-state index in [-0.39, 0.29) is 17.9 Å². The third-order valence-corrected chi connectivity index (χ3v) is 5.91.